The van der Waals surface area contributed by atoms with Gasteiger partial charge in [-0.25, -0.2) is 9.78 Å². The van der Waals surface area contributed by atoms with Crippen molar-refractivity contribution in [3.8, 4) is 11.9 Å². The number of piperidine rings is 1. The van der Waals surface area contributed by atoms with Crippen LogP contribution in [0.1, 0.15) is 35.8 Å². The number of nitrogens with one attached hydrogen (secondary N) is 1. The van der Waals surface area contributed by atoms with E-state index in [-0.39, 0.29) is 28.7 Å². The Morgan fingerprint density at radius 2 is 2.32 bits per heavy atom. The Morgan fingerprint density at radius 1 is 1.59 bits per heavy atom. The van der Waals surface area contributed by atoms with Gasteiger partial charge >= 0.3 is 5.91 Å². The average molecular weight is 304 g/mol. The van der Waals surface area contributed by atoms with Crippen molar-refractivity contribution in [1.29, 1.82) is 5.26 Å². The van der Waals surface area contributed by atoms with Crippen LogP contribution < -0.4 is 21.1 Å². The Bertz CT molecular complexity index is 576. The highest BCUT2D eigenvalue weighted by Crippen LogP contribution is 2.22. The van der Waals surface area contributed by atoms with E-state index in [0.29, 0.717) is 12.5 Å². The topological polar surface area (TPSA) is 118 Å². The van der Waals surface area contributed by atoms with Crippen LogP contribution in [0.25, 0.3) is 0 Å². The van der Waals surface area contributed by atoms with Gasteiger partial charge in [0.15, 0.2) is 5.69 Å². The Balaban J connectivity index is 2.07. The van der Waals surface area contributed by atoms with Gasteiger partial charge in [-0.1, -0.05) is 0 Å². The summed E-state index contributed by atoms with van der Waals surface area (Å²) in [6, 6.07) is 3.40. The van der Waals surface area contributed by atoms with Gasteiger partial charge in [-0.05, 0) is 38.9 Å². The minimum Gasteiger partial charge on any atom is -0.477 e. The van der Waals surface area contributed by atoms with Crippen molar-refractivity contribution in [1.82, 2.24) is 10.3 Å². The number of ether oxygens (including phenoxy) is 1. The van der Waals surface area contributed by atoms with Gasteiger partial charge in [0.05, 0.1) is 18.8 Å². The second-order valence-corrected chi connectivity index (χ2v) is 5.32. The molecule has 2 heterocycles. The number of carbonyl (C=O) groups is 1. The molecular weight excluding hydrogens is 282 g/mol. The zero-order valence-corrected chi connectivity index (χ0v) is 12.8. The van der Waals surface area contributed by atoms with Crippen molar-refractivity contribution in [2.24, 2.45) is 5.92 Å². The van der Waals surface area contributed by atoms with Crippen molar-refractivity contribution in [3.63, 3.8) is 0 Å². The fraction of sp³-hybridized carbons (Fsp3) is 0.533. The highest BCUT2D eigenvalue weighted by atomic mass is 16.5. The van der Waals surface area contributed by atoms with Crippen molar-refractivity contribution in [2.75, 3.05) is 32.0 Å². The molecule has 0 atom stereocenters. The molecule has 2 rings (SSSR count). The molecule has 1 saturated heterocycles. The first-order valence-electron chi connectivity index (χ1n) is 7.57. The summed E-state index contributed by atoms with van der Waals surface area (Å²) in [7, 11) is 0. The summed E-state index contributed by atoms with van der Waals surface area (Å²) >= 11 is 0. The predicted octanol–water partition coefficient (Wildman–Crippen LogP) is -0.363. The smallest absolute Gasteiger partial charge is 0.361 e. The number of carbonyl (C=O) groups excluding carboxylic acids is 1. The number of hydrogen-bond donors (Lipinski definition) is 3. The summed E-state index contributed by atoms with van der Waals surface area (Å²) in [6.45, 7) is 4.90. The predicted molar refractivity (Wildman–Crippen MR) is 81.3 cm³/mol. The molecule has 7 nitrogen and oxygen atoms in total. The van der Waals surface area contributed by atoms with Crippen LogP contribution >= 0.6 is 0 Å². The number of nitrogen functional groups attached to an aromatic ring is 1. The molecule has 1 aliphatic heterocycles. The summed E-state index contributed by atoms with van der Waals surface area (Å²) in [5.41, 5.74) is 6.45. The molecule has 22 heavy (non-hydrogen) atoms. The third kappa shape index (κ3) is 3.93. The molecule has 0 aromatic carbocycles. The average Bonchev–Trinajstić information content (AvgIpc) is 2.53. The summed E-state index contributed by atoms with van der Waals surface area (Å²) in [5.74, 6) is 0.492. The number of rotatable bonds is 5. The van der Waals surface area contributed by atoms with E-state index in [2.05, 4.69) is 10.3 Å². The molecule has 118 valence electrons. The lowest BCUT2D eigenvalue weighted by atomic mass is 9.98. The molecule has 0 bridgehead atoms. The van der Waals surface area contributed by atoms with Crippen LogP contribution in [-0.4, -0.2) is 37.1 Å². The molecule has 0 unspecified atom stereocenters. The second kappa shape index (κ2) is 7.73. The van der Waals surface area contributed by atoms with Gasteiger partial charge in [-0.3, -0.25) is 5.32 Å². The fourth-order valence-electron chi connectivity index (χ4n) is 2.52. The van der Waals surface area contributed by atoms with E-state index in [1.54, 1.807) is 12.2 Å². The number of nitrogens with zero attached hydrogens (tertiary/aromatic N) is 2. The van der Waals surface area contributed by atoms with Crippen molar-refractivity contribution >= 4 is 11.6 Å². The number of primary amides is 1. The Labute approximate surface area is 129 Å². The number of nitrogens with two attached hydrogens (primary N) is 2. The van der Waals surface area contributed by atoms with E-state index in [1.807, 2.05) is 6.07 Å². The summed E-state index contributed by atoms with van der Waals surface area (Å²) in [6.07, 6.45) is 2.16. The van der Waals surface area contributed by atoms with E-state index in [1.165, 1.54) is 6.07 Å². The number of aromatic nitrogens is 1. The highest BCUT2D eigenvalue weighted by molar-refractivity contribution is 5.86. The molecule has 7 heteroatoms. The van der Waals surface area contributed by atoms with Crippen LogP contribution in [-0.2, 0) is 0 Å². The maximum Gasteiger partial charge on any atom is 0.361 e. The molecule has 0 saturated carbocycles. The number of nitriles is 1. The minimum absolute atomic E-state index is 0.128. The van der Waals surface area contributed by atoms with Gasteiger partial charge in [-0.2, -0.15) is 5.26 Å². The van der Waals surface area contributed by atoms with Crippen molar-refractivity contribution in [2.45, 2.75) is 19.8 Å². The van der Waals surface area contributed by atoms with Crippen LogP contribution in [0.4, 0.5) is 5.69 Å². The lowest BCUT2D eigenvalue weighted by Gasteiger charge is -2.20. The molecule has 1 aromatic rings. The lowest BCUT2D eigenvalue weighted by Crippen LogP contribution is -2.89. The number of anilines is 1. The summed E-state index contributed by atoms with van der Waals surface area (Å²) < 4.78 is 5.31. The van der Waals surface area contributed by atoms with Crippen molar-refractivity contribution in [3.05, 3.63) is 17.3 Å². The van der Waals surface area contributed by atoms with E-state index in [0.717, 1.165) is 32.5 Å². The van der Waals surface area contributed by atoms with Gasteiger partial charge < -0.3 is 15.8 Å². The van der Waals surface area contributed by atoms with Crippen molar-refractivity contribution < 1.29 is 14.8 Å². The molecule has 0 spiro atoms. The van der Waals surface area contributed by atoms with Gasteiger partial charge in [0.1, 0.15) is 11.6 Å². The number of quaternary nitrogens is 1. The molecule has 1 aromatic heterocycles. The Hall–Kier alpha value is -2.17. The number of amides is 1. The Morgan fingerprint density at radius 3 is 2.95 bits per heavy atom. The van der Waals surface area contributed by atoms with Crippen LogP contribution in [0.15, 0.2) is 6.07 Å². The largest absolute Gasteiger partial charge is 0.477 e. The molecule has 0 radical (unpaired) electrons. The standard InChI is InChI=1S/C15H21N5O2/c1-2-22-15-11(8-16)12(17)7-13(20-15)14(21)19-9-10-3-5-18-6-4-10/h7,10,18H,2-6,9H2,1H3,(H2,17,20)(H,19,21)/p+1. The van der Waals surface area contributed by atoms with Crippen LogP contribution in [0.3, 0.4) is 0 Å². The van der Waals surface area contributed by atoms with Crippen LogP contribution in [0, 0.1) is 17.2 Å². The third-order valence-corrected chi connectivity index (χ3v) is 3.76. The van der Waals surface area contributed by atoms with Gasteiger partial charge in [0.25, 0.3) is 0 Å². The molecular formula is C15H22N5O2+. The van der Waals surface area contributed by atoms with Gasteiger partial charge in [-0.15, -0.1) is 0 Å². The first-order valence-corrected chi connectivity index (χ1v) is 7.57. The molecule has 5 N–H and O–H groups in total. The van der Waals surface area contributed by atoms with Gasteiger partial charge in [0, 0.05) is 5.92 Å². The first-order chi connectivity index (χ1) is 10.7. The van der Waals surface area contributed by atoms with E-state index < -0.39 is 0 Å². The van der Waals surface area contributed by atoms with Gasteiger partial charge in [0.2, 0.25) is 5.88 Å². The SMILES string of the molecule is CCOc1nc(C(=O)[NH2+]CC2CCNCC2)cc(N)c1C#N. The summed E-state index contributed by atoms with van der Waals surface area (Å²) in [4.78, 5) is 16.4. The monoisotopic (exact) mass is 304 g/mol. The maximum atomic E-state index is 12.3. The third-order valence-electron chi connectivity index (χ3n) is 3.76. The zero-order chi connectivity index (χ0) is 15.9. The summed E-state index contributed by atoms with van der Waals surface area (Å²) in [5, 5.41) is 14.0. The first kappa shape index (κ1) is 16.2. The maximum absolute atomic E-state index is 12.3. The molecule has 1 aliphatic rings. The Kier molecular flexibility index (Phi) is 5.69. The zero-order valence-electron chi connectivity index (χ0n) is 12.8. The molecule has 1 amide bonds. The normalized spacial score (nSPS) is 15.3. The van der Waals surface area contributed by atoms with Crippen LogP contribution in [0.2, 0.25) is 0 Å². The van der Waals surface area contributed by atoms with E-state index in [4.69, 9.17) is 15.7 Å². The van der Waals surface area contributed by atoms with Crippen LogP contribution in [0.5, 0.6) is 5.88 Å². The van der Waals surface area contributed by atoms with E-state index in [9.17, 15) is 4.79 Å². The number of hydrogen-bond acceptors (Lipinski definition) is 6. The highest BCUT2D eigenvalue weighted by Gasteiger charge is 2.21. The fourth-order valence-corrected chi connectivity index (χ4v) is 2.52. The lowest BCUT2D eigenvalue weighted by molar-refractivity contribution is -0.562. The quantitative estimate of drug-likeness (QED) is 0.683. The molecule has 0 aliphatic carbocycles. The number of pyridine rings is 1. The second-order valence-electron chi connectivity index (χ2n) is 5.32. The minimum atomic E-state index is -0.171. The molecule has 1 fully saturated rings. The van der Waals surface area contributed by atoms with E-state index >= 15 is 0 Å².